The molecule has 1 aromatic heterocycles. The van der Waals surface area contributed by atoms with Crippen molar-refractivity contribution in [2.24, 2.45) is 0 Å². The van der Waals surface area contributed by atoms with Crippen LogP contribution in [0.4, 0.5) is 5.95 Å². The Morgan fingerprint density at radius 3 is 2.50 bits per heavy atom. The lowest BCUT2D eigenvalue weighted by atomic mass is 10.2. The van der Waals surface area contributed by atoms with Gasteiger partial charge in [0.25, 0.3) is 0 Å². The Hall–Kier alpha value is -2.26. The van der Waals surface area contributed by atoms with Gasteiger partial charge in [0, 0.05) is 26.2 Å². The first kappa shape index (κ1) is 12.8. The molecule has 1 aliphatic heterocycles. The minimum atomic E-state index is -0.0344. The van der Waals surface area contributed by atoms with Crippen molar-refractivity contribution in [3.63, 3.8) is 0 Å². The first-order valence-electron chi connectivity index (χ1n) is 6.76. The molecule has 6 nitrogen and oxygen atoms in total. The summed E-state index contributed by atoms with van der Waals surface area (Å²) in [5, 5.41) is 17.4. The number of nitrogens with zero attached hydrogens (tertiary/aromatic N) is 6. The van der Waals surface area contributed by atoms with Gasteiger partial charge in [-0.3, -0.25) is 4.90 Å². The van der Waals surface area contributed by atoms with Crippen LogP contribution >= 0.6 is 0 Å². The standard InChI is InChI=1S/C14H16N6/c1-11(10-15)19-6-8-20(9-7-19)14-16-12-4-2-3-5-13(12)17-18-14/h2-5,11H,6-9H2,1H3. The lowest BCUT2D eigenvalue weighted by Crippen LogP contribution is -2.49. The third kappa shape index (κ3) is 2.40. The molecule has 20 heavy (non-hydrogen) atoms. The Kier molecular flexibility index (Phi) is 3.44. The van der Waals surface area contributed by atoms with Crippen LogP contribution in [0.2, 0.25) is 0 Å². The number of benzene rings is 1. The van der Waals surface area contributed by atoms with Crippen LogP contribution in [-0.2, 0) is 0 Å². The zero-order valence-corrected chi connectivity index (χ0v) is 11.4. The molecule has 1 aliphatic rings. The van der Waals surface area contributed by atoms with Crippen LogP contribution in [0.25, 0.3) is 11.0 Å². The SMILES string of the molecule is CC(C#N)N1CCN(c2nnc3ccccc3n2)CC1. The molecule has 2 aromatic rings. The normalized spacial score (nSPS) is 17.9. The van der Waals surface area contributed by atoms with Gasteiger partial charge in [0.2, 0.25) is 5.95 Å². The summed E-state index contributed by atoms with van der Waals surface area (Å²) in [7, 11) is 0. The van der Waals surface area contributed by atoms with Crippen LogP contribution in [0.5, 0.6) is 0 Å². The van der Waals surface area contributed by atoms with E-state index in [9.17, 15) is 0 Å². The van der Waals surface area contributed by atoms with Crippen LogP contribution in [0.15, 0.2) is 24.3 Å². The molecule has 0 aliphatic carbocycles. The molecule has 102 valence electrons. The first-order valence-corrected chi connectivity index (χ1v) is 6.76. The minimum absolute atomic E-state index is 0.0344. The van der Waals surface area contributed by atoms with E-state index in [2.05, 4.69) is 31.1 Å². The summed E-state index contributed by atoms with van der Waals surface area (Å²) < 4.78 is 0. The maximum atomic E-state index is 8.95. The molecule has 1 aromatic carbocycles. The van der Waals surface area contributed by atoms with E-state index in [1.54, 1.807) is 0 Å². The molecule has 1 atom stereocenters. The van der Waals surface area contributed by atoms with Gasteiger partial charge in [0.1, 0.15) is 5.52 Å². The summed E-state index contributed by atoms with van der Waals surface area (Å²) >= 11 is 0. The van der Waals surface area contributed by atoms with Crippen LogP contribution < -0.4 is 4.90 Å². The molecular formula is C14H16N6. The monoisotopic (exact) mass is 268 g/mol. The second-order valence-corrected chi connectivity index (χ2v) is 4.93. The number of rotatable bonds is 2. The molecule has 0 radical (unpaired) electrons. The fourth-order valence-corrected chi connectivity index (χ4v) is 2.40. The van der Waals surface area contributed by atoms with E-state index in [1.165, 1.54) is 0 Å². The van der Waals surface area contributed by atoms with Gasteiger partial charge in [-0.05, 0) is 19.1 Å². The highest BCUT2D eigenvalue weighted by atomic mass is 15.4. The number of piperazine rings is 1. The van der Waals surface area contributed by atoms with Crippen LogP contribution in [-0.4, -0.2) is 52.3 Å². The van der Waals surface area contributed by atoms with Crippen molar-refractivity contribution in [1.82, 2.24) is 20.1 Å². The van der Waals surface area contributed by atoms with Gasteiger partial charge < -0.3 is 4.90 Å². The number of nitriles is 1. The van der Waals surface area contributed by atoms with Gasteiger partial charge in [-0.2, -0.15) is 5.26 Å². The summed E-state index contributed by atoms with van der Waals surface area (Å²) in [5.41, 5.74) is 1.68. The lowest BCUT2D eigenvalue weighted by Gasteiger charge is -2.35. The van der Waals surface area contributed by atoms with Gasteiger partial charge in [-0.25, -0.2) is 4.98 Å². The third-order valence-corrected chi connectivity index (χ3v) is 3.68. The maximum absolute atomic E-state index is 8.95. The van der Waals surface area contributed by atoms with Crippen molar-refractivity contribution in [2.75, 3.05) is 31.1 Å². The molecule has 0 spiro atoms. The van der Waals surface area contributed by atoms with Gasteiger partial charge in [0.15, 0.2) is 0 Å². The van der Waals surface area contributed by atoms with Crippen molar-refractivity contribution < 1.29 is 0 Å². The molecule has 3 rings (SSSR count). The number of fused-ring (bicyclic) bond motifs is 1. The van der Waals surface area contributed by atoms with Crippen molar-refractivity contribution in [1.29, 1.82) is 5.26 Å². The van der Waals surface area contributed by atoms with Crippen molar-refractivity contribution in [3.8, 4) is 6.07 Å². The lowest BCUT2D eigenvalue weighted by molar-refractivity contribution is 0.230. The Morgan fingerprint density at radius 2 is 1.80 bits per heavy atom. The van der Waals surface area contributed by atoms with Crippen LogP contribution in [0, 0.1) is 11.3 Å². The Bertz CT molecular complexity index is 641. The molecule has 1 saturated heterocycles. The number of para-hydroxylation sites is 1. The highest BCUT2D eigenvalue weighted by Gasteiger charge is 2.22. The second kappa shape index (κ2) is 5.39. The van der Waals surface area contributed by atoms with Crippen LogP contribution in [0.3, 0.4) is 0 Å². The molecule has 0 saturated carbocycles. The summed E-state index contributed by atoms with van der Waals surface area (Å²) in [5.74, 6) is 0.674. The van der Waals surface area contributed by atoms with Crippen molar-refractivity contribution in [2.45, 2.75) is 13.0 Å². The maximum Gasteiger partial charge on any atom is 0.246 e. The molecule has 1 unspecified atom stereocenters. The van der Waals surface area contributed by atoms with E-state index >= 15 is 0 Å². The second-order valence-electron chi connectivity index (χ2n) is 4.93. The molecule has 0 N–H and O–H groups in total. The van der Waals surface area contributed by atoms with Gasteiger partial charge >= 0.3 is 0 Å². The highest BCUT2D eigenvalue weighted by Crippen LogP contribution is 2.15. The molecule has 0 amide bonds. The Labute approximate surface area is 117 Å². The third-order valence-electron chi connectivity index (χ3n) is 3.68. The topological polar surface area (TPSA) is 68.9 Å². The minimum Gasteiger partial charge on any atom is -0.337 e. The molecule has 6 heteroatoms. The summed E-state index contributed by atoms with van der Waals surface area (Å²) in [6.45, 7) is 5.29. The summed E-state index contributed by atoms with van der Waals surface area (Å²) in [6.07, 6.45) is 0. The average molecular weight is 268 g/mol. The number of hydrogen-bond donors (Lipinski definition) is 0. The predicted octanol–water partition coefficient (Wildman–Crippen LogP) is 1.06. The predicted molar refractivity (Wildman–Crippen MR) is 76.2 cm³/mol. The number of aromatic nitrogens is 3. The largest absolute Gasteiger partial charge is 0.337 e. The number of anilines is 1. The van der Waals surface area contributed by atoms with E-state index in [4.69, 9.17) is 5.26 Å². The van der Waals surface area contributed by atoms with Gasteiger partial charge in [-0.1, -0.05) is 12.1 Å². The molecular weight excluding hydrogens is 252 g/mol. The first-order chi connectivity index (χ1) is 9.78. The van der Waals surface area contributed by atoms with Crippen molar-refractivity contribution >= 4 is 17.0 Å². The van der Waals surface area contributed by atoms with E-state index in [-0.39, 0.29) is 6.04 Å². The average Bonchev–Trinajstić information content (AvgIpc) is 2.54. The quantitative estimate of drug-likeness (QED) is 0.811. The molecule has 2 heterocycles. The van der Waals surface area contributed by atoms with Crippen molar-refractivity contribution in [3.05, 3.63) is 24.3 Å². The van der Waals surface area contributed by atoms with E-state index in [0.29, 0.717) is 5.95 Å². The summed E-state index contributed by atoms with van der Waals surface area (Å²) in [4.78, 5) is 8.85. The smallest absolute Gasteiger partial charge is 0.246 e. The van der Waals surface area contributed by atoms with E-state index in [1.807, 2.05) is 31.2 Å². The molecule has 1 fully saturated rings. The summed E-state index contributed by atoms with van der Waals surface area (Å²) in [6, 6.07) is 9.98. The van der Waals surface area contributed by atoms with Crippen LogP contribution in [0.1, 0.15) is 6.92 Å². The van der Waals surface area contributed by atoms with E-state index < -0.39 is 0 Å². The fourth-order valence-electron chi connectivity index (χ4n) is 2.40. The van der Waals surface area contributed by atoms with E-state index in [0.717, 1.165) is 37.2 Å². The molecule has 0 bridgehead atoms. The number of hydrogen-bond acceptors (Lipinski definition) is 6. The Morgan fingerprint density at radius 1 is 1.10 bits per heavy atom. The Balaban J connectivity index is 1.75. The zero-order chi connectivity index (χ0) is 13.9. The fraction of sp³-hybridized carbons (Fsp3) is 0.429. The van der Waals surface area contributed by atoms with Gasteiger partial charge in [-0.15, -0.1) is 10.2 Å². The van der Waals surface area contributed by atoms with Gasteiger partial charge in [0.05, 0.1) is 17.6 Å². The zero-order valence-electron chi connectivity index (χ0n) is 11.4. The highest BCUT2D eigenvalue weighted by molar-refractivity contribution is 5.74.